The van der Waals surface area contributed by atoms with E-state index in [9.17, 15) is 74.9 Å². The van der Waals surface area contributed by atoms with Crippen LogP contribution in [0.2, 0.25) is 0 Å². The lowest BCUT2D eigenvalue weighted by atomic mass is 9.84. The Labute approximate surface area is 625 Å². The van der Waals surface area contributed by atoms with Gasteiger partial charge in [0.05, 0.1) is 13.2 Å². The molecule has 0 radical (unpaired) electrons. The van der Waals surface area contributed by atoms with Crippen LogP contribution in [0, 0.1) is 5.92 Å². The molecule has 614 valence electrons. The van der Waals surface area contributed by atoms with Gasteiger partial charge >= 0.3 is 25.7 Å². The Kier molecular flexibility index (Phi) is 55.2. The third-order valence-electron chi connectivity index (χ3n) is 21.0. The maximum Gasteiger partial charge on any atom is 0.472 e. The molecule has 2 heterocycles. The Bertz CT molecular complexity index is 2150. The molecule has 0 amide bonds. The van der Waals surface area contributed by atoms with Crippen LogP contribution in [-0.4, -0.2) is 204 Å². The van der Waals surface area contributed by atoms with Crippen molar-refractivity contribution in [2.45, 2.75) is 453 Å². The summed E-state index contributed by atoms with van der Waals surface area (Å²) in [5.41, 5.74) is 0. The highest BCUT2D eigenvalue weighted by molar-refractivity contribution is 7.47. The van der Waals surface area contributed by atoms with Crippen LogP contribution in [0.5, 0.6) is 0 Å². The number of aliphatic hydroxyl groups excluding tert-OH is 10. The number of rotatable bonds is 66. The third-order valence-corrected chi connectivity index (χ3v) is 22.0. The van der Waals surface area contributed by atoms with Gasteiger partial charge in [0, 0.05) is 19.3 Å². The second-order valence-corrected chi connectivity index (χ2v) is 31.9. The van der Waals surface area contributed by atoms with Gasteiger partial charge in [-0.1, -0.05) is 310 Å². The van der Waals surface area contributed by atoms with Gasteiger partial charge in [0.1, 0.15) is 98.7 Å². The summed E-state index contributed by atoms with van der Waals surface area (Å²) in [6.07, 6.45) is 18.5. The van der Waals surface area contributed by atoms with E-state index in [-0.39, 0.29) is 19.3 Å². The first-order valence-corrected chi connectivity index (χ1v) is 43.2. The molecule has 2 saturated heterocycles. The Morgan fingerprint density at radius 2 is 0.673 bits per heavy atom. The lowest BCUT2D eigenvalue weighted by Crippen LogP contribution is -2.69. The Hall–Kier alpha value is -2.04. The number of aliphatic hydroxyl groups is 10. The summed E-state index contributed by atoms with van der Waals surface area (Å²) >= 11 is 0. The molecule has 0 bridgehead atoms. The number of hydrogen-bond acceptors (Lipinski definition) is 23. The number of carbonyl (C=O) groups excluding carboxylic acids is 3. The topological polar surface area (TPSA) is 374 Å². The standard InChI is InChI=1S/C79H149O24P/c1-5-8-11-14-17-19-21-23-25-27-29-30-32-34-36-42-48-53-64(82)96-58-62-67(85)69(87)74(92)79(100-62)102-76-72(90)70(88)71(89)75(101-78-73(91)68(86)66(84)61(55-80)99-78)77(76)103-104(93,94)97-57-60(98-65(83)54-49-44-37-35-33-31-28-26-24-22-20-18-15-12-9-6-2)56-95-63(81)52-47-43-39-38-41-46-51-59(4)50-45-40-16-13-10-7-3/h59-62,66-80,84-92H,5-58H2,1-4H3,(H,93,94). The van der Waals surface area contributed by atoms with E-state index in [4.69, 9.17) is 42.2 Å². The van der Waals surface area contributed by atoms with E-state index in [0.29, 0.717) is 25.2 Å². The minimum Gasteiger partial charge on any atom is -0.463 e. The maximum atomic E-state index is 14.4. The van der Waals surface area contributed by atoms with Crippen LogP contribution in [0.4, 0.5) is 0 Å². The molecule has 1 aliphatic carbocycles. The summed E-state index contributed by atoms with van der Waals surface area (Å²) in [5, 5.41) is 110. The Morgan fingerprint density at radius 1 is 0.365 bits per heavy atom. The number of phosphoric ester groups is 1. The molecule has 19 atom stereocenters. The highest BCUT2D eigenvalue weighted by Crippen LogP contribution is 2.49. The van der Waals surface area contributed by atoms with Gasteiger partial charge in [-0.05, 0) is 25.2 Å². The molecule has 11 N–H and O–H groups in total. The molecular weight excluding hydrogens is 1360 g/mol. The second kappa shape index (κ2) is 59.7. The lowest BCUT2D eigenvalue weighted by Gasteiger charge is -2.49. The van der Waals surface area contributed by atoms with Crippen molar-refractivity contribution < 1.29 is 117 Å². The number of esters is 3. The SMILES string of the molecule is CCCCCCCCCCCCCCCCCCCC(=O)OCC1OC(OC2C(O)C(O)C(O)C(OC3OC(CO)C(O)C(O)C3O)C2OP(=O)(O)OCC(COC(=O)CCCCCCCCC(C)CCCCCCCC)OC(=O)CCCCCCCCCCCCCCCCCC)C(O)C(O)C1O. The van der Waals surface area contributed by atoms with E-state index < -0.39 is 156 Å². The molecule has 0 spiro atoms. The third kappa shape index (κ3) is 41.8. The first kappa shape index (κ1) is 96.2. The van der Waals surface area contributed by atoms with Crippen LogP contribution < -0.4 is 0 Å². The predicted molar refractivity (Wildman–Crippen MR) is 398 cm³/mol. The zero-order valence-electron chi connectivity index (χ0n) is 64.7. The number of carbonyl (C=O) groups is 3. The highest BCUT2D eigenvalue weighted by Gasteiger charge is 2.58. The Balaban J connectivity index is 1.70. The quantitative estimate of drug-likeness (QED) is 0.0117. The Morgan fingerprint density at radius 3 is 1.04 bits per heavy atom. The van der Waals surface area contributed by atoms with Crippen LogP contribution >= 0.6 is 7.82 Å². The minimum atomic E-state index is -5.70. The maximum absolute atomic E-state index is 14.4. The number of unbranched alkanes of at least 4 members (excludes halogenated alkanes) is 41. The number of ether oxygens (including phenoxy) is 7. The first-order chi connectivity index (χ1) is 50.2. The molecule has 3 aliphatic rings. The van der Waals surface area contributed by atoms with Gasteiger partial charge in [-0.15, -0.1) is 0 Å². The molecular formula is C79H149O24P. The zero-order valence-corrected chi connectivity index (χ0v) is 65.6. The summed E-state index contributed by atoms with van der Waals surface area (Å²) in [7, 11) is -5.70. The largest absolute Gasteiger partial charge is 0.472 e. The fraction of sp³-hybridized carbons (Fsp3) is 0.962. The first-order valence-electron chi connectivity index (χ1n) is 41.7. The van der Waals surface area contributed by atoms with Gasteiger partial charge in [0.2, 0.25) is 0 Å². The fourth-order valence-electron chi connectivity index (χ4n) is 14.2. The minimum absolute atomic E-state index is 0.0336. The molecule has 25 heteroatoms. The summed E-state index contributed by atoms with van der Waals surface area (Å²) < 4.78 is 65.3. The van der Waals surface area contributed by atoms with Crippen molar-refractivity contribution in [1.82, 2.24) is 0 Å². The van der Waals surface area contributed by atoms with Gasteiger partial charge in [0.15, 0.2) is 18.7 Å². The van der Waals surface area contributed by atoms with Crippen molar-refractivity contribution in [2.75, 3.05) is 26.4 Å². The van der Waals surface area contributed by atoms with E-state index in [1.54, 1.807) is 0 Å². The zero-order chi connectivity index (χ0) is 76.2. The van der Waals surface area contributed by atoms with Gasteiger partial charge in [0.25, 0.3) is 0 Å². The van der Waals surface area contributed by atoms with Crippen molar-refractivity contribution >= 4 is 25.7 Å². The highest BCUT2D eigenvalue weighted by atomic mass is 31.2. The molecule has 24 nitrogen and oxygen atoms in total. The summed E-state index contributed by atoms with van der Waals surface area (Å²) in [5.74, 6) is -1.27. The van der Waals surface area contributed by atoms with E-state index in [1.807, 2.05) is 0 Å². The van der Waals surface area contributed by atoms with Gasteiger partial charge in [-0.2, -0.15) is 0 Å². The molecule has 0 aromatic rings. The normalized spacial score (nSPS) is 27.0. The van der Waals surface area contributed by atoms with Gasteiger partial charge < -0.3 is 89.1 Å². The molecule has 2 aliphatic heterocycles. The van der Waals surface area contributed by atoms with Crippen LogP contribution in [0.15, 0.2) is 0 Å². The molecule has 3 rings (SSSR count). The number of hydrogen-bond donors (Lipinski definition) is 11. The fourth-order valence-corrected chi connectivity index (χ4v) is 15.1. The van der Waals surface area contributed by atoms with Crippen molar-refractivity contribution in [2.24, 2.45) is 5.92 Å². The average molecular weight is 1510 g/mol. The van der Waals surface area contributed by atoms with Gasteiger partial charge in [-0.3, -0.25) is 23.4 Å². The summed E-state index contributed by atoms with van der Waals surface area (Å²) in [6.45, 7) is 5.85. The van der Waals surface area contributed by atoms with Crippen molar-refractivity contribution in [1.29, 1.82) is 0 Å². The molecule has 104 heavy (non-hydrogen) atoms. The summed E-state index contributed by atoms with van der Waals surface area (Å²) in [4.78, 5) is 51.3. The molecule has 3 fully saturated rings. The molecule has 1 saturated carbocycles. The van der Waals surface area contributed by atoms with Crippen LogP contribution in [0.1, 0.15) is 349 Å². The molecule has 0 aromatic carbocycles. The van der Waals surface area contributed by atoms with Crippen molar-refractivity contribution in [3.63, 3.8) is 0 Å². The van der Waals surface area contributed by atoms with Crippen LogP contribution in [0.3, 0.4) is 0 Å². The number of phosphoric acid groups is 1. The molecule has 19 unspecified atom stereocenters. The van der Waals surface area contributed by atoms with Crippen LogP contribution in [-0.2, 0) is 61.2 Å². The van der Waals surface area contributed by atoms with E-state index >= 15 is 0 Å². The smallest absolute Gasteiger partial charge is 0.463 e. The van der Waals surface area contributed by atoms with E-state index in [1.165, 1.54) is 186 Å². The van der Waals surface area contributed by atoms with Crippen LogP contribution in [0.25, 0.3) is 0 Å². The van der Waals surface area contributed by atoms with Crippen molar-refractivity contribution in [3.8, 4) is 0 Å². The predicted octanol–water partition coefficient (Wildman–Crippen LogP) is 13.2. The summed E-state index contributed by atoms with van der Waals surface area (Å²) in [6, 6.07) is 0. The monoisotopic (exact) mass is 1510 g/mol. The van der Waals surface area contributed by atoms with E-state index in [2.05, 4.69) is 27.7 Å². The van der Waals surface area contributed by atoms with Gasteiger partial charge in [-0.25, -0.2) is 4.57 Å². The average Bonchev–Trinajstić information content (AvgIpc) is 0.760. The molecule has 0 aromatic heterocycles. The lowest BCUT2D eigenvalue weighted by molar-refractivity contribution is -0.360. The van der Waals surface area contributed by atoms with Crippen molar-refractivity contribution in [3.05, 3.63) is 0 Å². The van der Waals surface area contributed by atoms with E-state index in [0.717, 1.165) is 96.3 Å². The second-order valence-electron chi connectivity index (χ2n) is 30.5.